The lowest BCUT2D eigenvalue weighted by Crippen LogP contribution is -2.37. The van der Waals surface area contributed by atoms with Gasteiger partial charge in [-0.1, -0.05) is 35.3 Å². The Morgan fingerprint density at radius 1 is 1.06 bits per heavy atom. The van der Waals surface area contributed by atoms with E-state index in [1.165, 1.54) is 24.8 Å². The summed E-state index contributed by atoms with van der Waals surface area (Å²) in [4.78, 5) is 15.0. The minimum atomic E-state index is -0.0583. The number of hydrogen-bond donors (Lipinski definition) is 1. The molecule has 2 atom stereocenters. The standard InChI is InChI=1S/C27H32Cl2N2O2/c1-33-26-7-4-21(5-8-26)22-10-12-31(13-11-22)18-20-2-6-25(16-20)30-27(32)9-3-19-14-23(28)17-24(29)15-19/h3-5,7-9,14-15,17,20,22,25H,2,6,10-13,16,18H2,1H3,(H,30,32)/b9-3+/t20-,25+/m0/s1. The van der Waals surface area contributed by atoms with Gasteiger partial charge in [-0.05, 0) is 105 Å². The van der Waals surface area contributed by atoms with Gasteiger partial charge in [0.15, 0.2) is 0 Å². The average molecular weight is 487 g/mol. The van der Waals surface area contributed by atoms with Crippen LogP contribution in [-0.4, -0.2) is 43.6 Å². The second-order valence-corrected chi connectivity index (χ2v) is 10.1. The molecule has 2 aromatic carbocycles. The van der Waals surface area contributed by atoms with Gasteiger partial charge in [0.2, 0.25) is 5.91 Å². The summed E-state index contributed by atoms with van der Waals surface area (Å²) in [5, 5.41) is 4.29. The van der Waals surface area contributed by atoms with E-state index in [0.29, 0.717) is 21.9 Å². The van der Waals surface area contributed by atoms with Gasteiger partial charge in [0.25, 0.3) is 0 Å². The molecule has 0 aromatic heterocycles. The maximum Gasteiger partial charge on any atom is 0.244 e. The number of hydrogen-bond acceptors (Lipinski definition) is 3. The number of likely N-dealkylation sites (tertiary alicyclic amines) is 1. The van der Waals surface area contributed by atoms with Crippen LogP contribution in [0.1, 0.15) is 49.1 Å². The van der Waals surface area contributed by atoms with Crippen molar-refractivity contribution in [1.29, 1.82) is 0 Å². The van der Waals surface area contributed by atoms with E-state index in [0.717, 1.165) is 43.8 Å². The third kappa shape index (κ3) is 6.99. The number of halogens is 2. The SMILES string of the molecule is COc1ccc(C2CCN(C[C@H]3CC[C@@H](NC(=O)/C=C/c4cc(Cl)cc(Cl)c4)C3)CC2)cc1. The van der Waals surface area contributed by atoms with Crippen molar-refractivity contribution in [2.24, 2.45) is 5.92 Å². The lowest BCUT2D eigenvalue weighted by atomic mass is 9.89. The first-order chi connectivity index (χ1) is 16.0. The zero-order chi connectivity index (χ0) is 23.2. The van der Waals surface area contributed by atoms with Crippen molar-refractivity contribution in [2.75, 3.05) is 26.7 Å². The number of rotatable bonds is 7. The van der Waals surface area contributed by atoms with Gasteiger partial charge in [-0.3, -0.25) is 4.79 Å². The molecule has 33 heavy (non-hydrogen) atoms. The second-order valence-electron chi connectivity index (χ2n) is 9.27. The number of nitrogens with zero attached hydrogens (tertiary/aromatic N) is 1. The normalized spacial score (nSPS) is 22.0. The van der Waals surface area contributed by atoms with Gasteiger partial charge in [0, 0.05) is 28.7 Å². The summed E-state index contributed by atoms with van der Waals surface area (Å²) >= 11 is 12.0. The van der Waals surface area contributed by atoms with Crippen molar-refractivity contribution in [1.82, 2.24) is 10.2 Å². The largest absolute Gasteiger partial charge is 0.497 e. The molecule has 1 N–H and O–H groups in total. The van der Waals surface area contributed by atoms with Crippen molar-refractivity contribution in [3.05, 3.63) is 69.7 Å². The Morgan fingerprint density at radius 3 is 2.42 bits per heavy atom. The molecular weight excluding hydrogens is 455 g/mol. The zero-order valence-corrected chi connectivity index (χ0v) is 20.6. The molecule has 0 spiro atoms. The number of carbonyl (C=O) groups is 1. The minimum absolute atomic E-state index is 0.0583. The Labute approximate surface area is 206 Å². The van der Waals surface area contributed by atoms with E-state index < -0.39 is 0 Å². The van der Waals surface area contributed by atoms with Crippen LogP contribution in [0.3, 0.4) is 0 Å². The minimum Gasteiger partial charge on any atom is -0.497 e. The highest BCUT2D eigenvalue weighted by molar-refractivity contribution is 6.34. The molecule has 4 nitrogen and oxygen atoms in total. The van der Waals surface area contributed by atoms with Gasteiger partial charge in [0.05, 0.1) is 7.11 Å². The first-order valence-electron chi connectivity index (χ1n) is 11.8. The lowest BCUT2D eigenvalue weighted by molar-refractivity contribution is -0.117. The van der Waals surface area contributed by atoms with Crippen LogP contribution in [0, 0.1) is 5.92 Å². The summed E-state index contributed by atoms with van der Waals surface area (Å²) in [6.45, 7) is 3.43. The number of ether oxygens (including phenoxy) is 1. The maximum atomic E-state index is 12.4. The van der Waals surface area contributed by atoms with Crippen molar-refractivity contribution < 1.29 is 9.53 Å². The third-order valence-corrected chi connectivity index (χ3v) is 7.33. The zero-order valence-electron chi connectivity index (χ0n) is 19.1. The predicted octanol–water partition coefficient (Wildman–Crippen LogP) is 6.18. The predicted molar refractivity (Wildman–Crippen MR) is 136 cm³/mol. The second kappa shape index (κ2) is 11.4. The quantitative estimate of drug-likeness (QED) is 0.475. The number of benzene rings is 2. The van der Waals surface area contributed by atoms with Crippen molar-refractivity contribution in [3.63, 3.8) is 0 Å². The van der Waals surface area contributed by atoms with Crippen LogP contribution in [0.2, 0.25) is 10.0 Å². The Morgan fingerprint density at radius 2 is 1.76 bits per heavy atom. The number of piperidine rings is 1. The summed E-state index contributed by atoms with van der Waals surface area (Å²) in [5.74, 6) is 2.16. The molecule has 0 bridgehead atoms. The summed E-state index contributed by atoms with van der Waals surface area (Å²) in [7, 11) is 1.71. The molecule has 2 fully saturated rings. The van der Waals surface area contributed by atoms with E-state index in [1.807, 2.05) is 0 Å². The van der Waals surface area contributed by atoms with Crippen molar-refractivity contribution >= 4 is 35.2 Å². The molecule has 2 aromatic rings. The molecule has 1 heterocycles. The lowest BCUT2D eigenvalue weighted by Gasteiger charge is -2.33. The van der Waals surface area contributed by atoms with E-state index in [1.54, 1.807) is 37.5 Å². The van der Waals surface area contributed by atoms with Gasteiger partial charge in [-0.2, -0.15) is 0 Å². The van der Waals surface area contributed by atoms with Crippen molar-refractivity contribution in [2.45, 2.75) is 44.1 Å². The highest BCUT2D eigenvalue weighted by Crippen LogP contribution is 2.32. The van der Waals surface area contributed by atoms with E-state index >= 15 is 0 Å². The average Bonchev–Trinajstić information content (AvgIpc) is 3.24. The molecule has 1 aliphatic carbocycles. The monoisotopic (exact) mass is 486 g/mol. The Hall–Kier alpha value is -2.01. The molecule has 0 unspecified atom stereocenters. The Balaban J connectivity index is 1.19. The van der Waals surface area contributed by atoms with Crippen LogP contribution in [0.4, 0.5) is 0 Å². The molecule has 2 aliphatic rings. The molecular formula is C27H32Cl2N2O2. The topological polar surface area (TPSA) is 41.6 Å². The first kappa shape index (κ1) is 24.1. The van der Waals surface area contributed by atoms with Crippen LogP contribution < -0.4 is 10.1 Å². The van der Waals surface area contributed by atoms with Crippen LogP contribution in [0.25, 0.3) is 6.08 Å². The fourth-order valence-corrected chi connectivity index (χ4v) is 5.70. The summed E-state index contributed by atoms with van der Waals surface area (Å²) < 4.78 is 5.28. The molecule has 176 valence electrons. The molecule has 6 heteroatoms. The van der Waals surface area contributed by atoms with E-state index in [2.05, 4.69) is 34.5 Å². The van der Waals surface area contributed by atoms with Crippen molar-refractivity contribution in [3.8, 4) is 5.75 Å². The maximum absolute atomic E-state index is 12.4. The molecule has 1 saturated carbocycles. The van der Waals surface area contributed by atoms with Crippen LogP contribution >= 0.6 is 23.2 Å². The fraction of sp³-hybridized carbons (Fsp3) is 0.444. The van der Waals surface area contributed by atoms with E-state index in [-0.39, 0.29) is 11.9 Å². The third-order valence-electron chi connectivity index (χ3n) is 6.89. The van der Waals surface area contributed by atoms with Gasteiger partial charge in [-0.25, -0.2) is 0 Å². The number of methoxy groups -OCH3 is 1. The molecule has 4 rings (SSSR count). The Kier molecular flexibility index (Phi) is 8.34. The van der Waals surface area contributed by atoms with Crippen LogP contribution in [0.5, 0.6) is 5.75 Å². The van der Waals surface area contributed by atoms with Gasteiger partial charge < -0.3 is 15.0 Å². The van der Waals surface area contributed by atoms with E-state index in [4.69, 9.17) is 27.9 Å². The Bertz CT molecular complexity index is 948. The fourth-order valence-electron chi connectivity index (χ4n) is 5.15. The highest BCUT2D eigenvalue weighted by atomic mass is 35.5. The van der Waals surface area contributed by atoms with Gasteiger partial charge in [-0.15, -0.1) is 0 Å². The number of nitrogens with one attached hydrogen (secondary N) is 1. The smallest absolute Gasteiger partial charge is 0.244 e. The van der Waals surface area contributed by atoms with Gasteiger partial charge >= 0.3 is 0 Å². The summed E-state index contributed by atoms with van der Waals surface area (Å²) in [5.41, 5.74) is 2.25. The number of amides is 1. The van der Waals surface area contributed by atoms with Crippen LogP contribution in [-0.2, 0) is 4.79 Å². The first-order valence-corrected chi connectivity index (χ1v) is 12.5. The molecule has 1 aliphatic heterocycles. The highest BCUT2D eigenvalue weighted by Gasteiger charge is 2.29. The summed E-state index contributed by atoms with van der Waals surface area (Å²) in [6, 6.07) is 14.1. The molecule has 0 radical (unpaired) electrons. The van der Waals surface area contributed by atoms with Gasteiger partial charge in [0.1, 0.15) is 5.75 Å². The summed E-state index contributed by atoms with van der Waals surface area (Å²) in [6.07, 6.45) is 9.02. The van der Waals surface area contributed by atoms with Crippen LogP contribution in [0.15, 0.2) is 48.5 Å². The number of carbonyl (C=O) groups excluding carboxylic acids is 1. The molecule has 1 saturated heterocycles. The van der Waals surface area contributed by atoms with E-state index in [9.17, 15) is 4.79 Å². The molecule has 1 amide bonds.